The number of nitrogens with one attached hydrogen (secondary N) is 1. The molecule has 1 aromatic rings. The summed E-state index contributed by atoms with van der Waals surface area (Å²) < 4.78 is 26.7. The Hall–Kier alpha value is -1.49. The van der Waals surface area contributed by atoms with E-state index in [0.29, 0.717) is 12.8 Å². The number of anilines is 1. The van der Waals surface area contributed by atoms with Crippen LogP contribution in [0.3, 0.4) is 0 Å². The van der Waals surface area contributed by atoms with Crippen molar-refractivity contribution in [2.45, 2.75) is 31.7 Å². The molecule has 5 heteroatoms. The number of amides is 1. The zero-order valence-electron chi connectivity index (χ0n) is 9.96. The second-order valence-electron chi connectivity index (χ2n) is 4.70. The van der Waals surface area contributed by atoms with Crippen molar-refractivity contribution in [1.82, 2.24) is 0 Å². The lowest BCUT2D eigenvalue weighted by atomic mass is 9.86. The number of hydrogen-bond donors (Lipinski definition) is 2. The van der Waals surface area contributed by atoms with Gasteiger partial charge in [0.2, 0.25) is 5.91 Å². The van der Waals surface area contributed by atoms with Gasteiger partial charge in [-0.05, 0) is 37.8 Å². The molecule has 0 bridgehead atoms. The van der Waals surface area contributed by atoms with Crippen LogP contribution in [0.5, 0.6) is 0 Å². The van der Waals surface area contributed by atoms with Gasteiger partial charge in [-0.1, -0.05) is 6.07 Å². The fourth-order valence-electron chi connectivity index (χ4n) is 2.22. The molecule has 0 radical (unpaired) electrons. The fraction of sp³-hybridized carbons (Fsp3) is 0.462. The maximum absolute atomic E-state index is 13.4. The monoisotopic (exact) mass is 254 g/mol. The van der Waals surface area contributed by atoms with Gasteiger partial charge in [0.1, 0.15) is 17.3 Å². The Labute approximate surface area is 104 Å². The zero-order chi connectivity index (χ0) is 13.1. The lowest BCUT2D eigenvalue weighted by Crippen LogP contribution is -2.32. The van der Waals surface area contributed by atoms with E-state index in [9.17, 15) is 13.6 Å². The van der Waals surface area contributed by atoms with Crippen LogP contribution in [0, 0.1) is 17.6 Å². The average Bonchev–Trinajstić information content (AvgIpc) is 2.34. The van der Waals surface area contributed by atoms with Crippen LogP contribution in [-0.4, -0.2) is 11.9 Å². The van der Waals surface area contributed by atoms with Crippen LogP contribution in [-0.2, 0) is 4.79 Å². The molecular formula is C13H16F2N2O. The Morgan fingerprint density at radius 2 is 1.72 bits per heavy atom. The highest BCUT2D eigenvalue weighted by atomic mass is 19.1. The first kappa shape index (κ1) is 13.0. The summed E-state index contributed by atoms with van der Waals surface area (Å²) in [7, 11) is 0. The number of halogens is 2. The first-order chi connectivity index (χ1) is 8.58. The second-order valence-corrected chi connectivity index (χ2v) is 4.70. The van der Waals surface area contributed by atoms with E-state index in [2.05, 4.69) is 5.32 Å². The highest BCUT2D eigenvalue weighted by Crippen LogP contribution is 2.26. The Morgan fingerprint density at radius 3 is 2.28 bits per heavy atom. The summed E-state index contributed by atoms with van der Waals surface area (Å²) in [5.41, 5.74) is 5.38. The Bertz CT molecular complexity index is 422. The van der Waals surface area contributed by atoms with Crippen molar-refractivity contribution in [3.8, 4) is 0 Å². The predicted molar refractivity (Wildman–Crippen MR) is 64.9 cm³/mol. The second kappa shape index (κ2) is 5.44. The molecule has 0 saturated heterocycles. The largest absolute Gasteiger partial charge is 0.328 e. The quantitative estimate of drug-likeness (QED) is 0.851. The van der Waals surface area contributed by atoms with Crippen LogP contribution in [0.2, 0.25) is 0 Å². The molecule has 0 aromatic heterocycles. The summed E-state index contributed by atoms with van der Waals surface area (Å²) in [4.78, 5) is 11.9. The molecule has 1 saturated carbocycles. The molecule has 0 atom stereocenters. The summed E-state index contributed by atoms with van der Waals surface area (Å²) in [5, 5.41) is 2.33. The Balaban J connectivity index is 2.03. The third-order valence-electron chi connectivity index (χ3n) is 3.35. The van der Waals surface area contributed by atoms with Gasteiger partial charge in [0, 0.05) is 12.0 Å². The van der Waals surface area contributed by atoms with Gasteiger partial charge in [-0.2, -0.15) is 0 Å². The van der Waals surface area contributed by atoms with E-state index in [4.69, 9.17) is 5.73 Å². The van der Waals surface area contributed by atoms with E-state index >= 15 is 0 Å². The van der Waals surface area contributed by atoms with Crippen LogP contribution in [0.4, 0.5) is 14.5 Å². The van der Waals surface area contributed by atoms with E-state index in [0.717, 1.165) is 25.0 Å². The smallest absolute Gasteiger partial charge is 0.227 e. The Morgan fingerprint density at radius 1 is 1.17 bits per heavy atom. The highest BCUT2D eigenvalue weighted by molar-refractivity contribution is 5.92. The number of carbonyl (C=O) groups excluding carboxylic acids is 1. The normalized spacial score (nSPS) is 23.7. The van der Waals surface area contributed by atoms with Crippen molar-refractivity contribution in [3.63, 3.8) is 0 Å². The summed E-state index contributed by atoms with van der Waals surface area (Å²) in [5.74, 6) is -2.04. The topological polar surface area (TPSA) is 55.1 Å². The molecule has 98 valence electrons. The third kappa shape index (κ3) is 2.85. The summed E-state index contributed by atoms with van der Waals surface area (Å²) in [6.45, 7) is 0. The van der Waals surface area contributed by atoms with E-state index in [1.165, 1.54) is 6.07 Å². The van der Waals surface area contributed by atoms with Gasteiger partial charge in [-0.15, -0.1) is 0 Å². The van der Waals surface area contributed by atoms with E-state index in [-0.39, 0.29) is 23.6 Å². The molecule has 0 spiro atoms. The molecule has 3 nitrogen and oxygen atoms in total. The molecular weight excluding hydrogens is 238 g/mol. The van der Waals surface area contributed by atoms with Gasteiger partial charge >= 0.3 is 0 Å². The number of nitrogens with two attached hydrogens (primary N) is 1. The summed E-state index contributed by atoms with van der Waals surface area (Å²) in [6, 6.07) is 3.64. The van der Waals surface area contributed by atoms with E-state index in [1.807, 2.05) is 0 Å². The molecule has 1 aliphatic carbocycles. The average molecular weight is 254 g/mol. The molecule has 1 fully saturated rings. The number of hydrogen-bond acceptors (Lipinski definition) is 2. The number of para-hydroxylation sites is 1. The number of rotatable bonds is 2. The van der Waals surface area contributed by atoms with Gasteiger partial charge in [0.25, 0.3) is 0 Å². The molecule has 18 heavy (non-hydrogen) atoms. The molecule has 1 amide bonds. The standard InChI is InChI=1S/C13H16F2N2O/c14-10-2-1-3-11(15)12(10)17-13(18)8-4-6-9(16)7-5-8/h1-3,8-9H,4-7,16H2,(H,17,18). The molecule has 0 heterocycles. The van der Waals surface area contributed by atoms with Gasteiger partial charge in [0.05, 0.1) is 0 Å². The first-order valence-electron chi connectivity index (χ1n) is 6.08. The van der Waals surface area contributed by atoms with Crippen molar-refractivity contribution >= 4 is 11.6 Å². The van der Waals surface area contributed by atoms with Crippen LogP contribution >= 0.6 is 0 Å². The third-order valence-corrected chi connectivity index (χ3v) is 3.35. The minimum Gasteiger partial charge on any atom is -0.328 e. The lowest BCUT2D eigenvalue weighted by molar-refractivity contribution is -0.120. The van der Waals surface area contributed by atoms with Crippen molar-refractivity contribution in [1.29, 1.82) is 0 Å². The van der Waals surface area contributed by atoms with Crippen molar-refractivity contribution in [2.24, 2.45) is 11.7 Å². The SMILES string of the molecule is NC1CCC(C(=O)Nc2c(F)cccc2F)CC1. The molecule has 1 aliphatic rings. The maximum atomic E-state index is 13.4. The first-order valence-corrected chi connectivity index (χ1v) is 6.08. The number of benzene rings is 1. The van der Waals surface area contributed by atoms with E-state index in [1.54, 1.807) is 0 Å². The van der Waals surface area contributed by atoms with Crippen molar-refractivity contribution < 1.29 is 13.6 Å². The summed E-state index contributed by atoms with van der Waals surface area (Å²) >= 11 is 0. The fourth-order valence-corrected chi connectivity index (χ4v) is 2.22. The van der Waals surface area contributed by atoms with Gasteiger partial charge in [-0.25, -0.2) is 8.78 Å². The predicted octanol–water partition coefficient (Wildman–Crippen LogP) is 2.42. The number of carbonyl (C=O) groups is 1. The van der Waals surface area contributed by atoms with Gasteiger partial charge < -0.3 is 11.1 Å². The zero-order valence-corrected chi connectivity index (χ0v) is 9.96. The molecule has 2 rings (SSSR count). The molecule has 1 aromatic carbocycles. The van der Waals surface area contributed by atoms with Crippen LogP contribution in [0.1, 0.15) is 25.7 Å². The van der Waals surface area contributed by atoms with Crippen molar-refractivity contribution in [2.75, 3.05) is 5.32 Å². The van der Waals surface area contributed by atoms with E-state index < -0.39 is 11.6 Å². The molecule has 0 unspecified atom stereocenters. The maximum Gasteiger partial charge on any atom is 0.227 e. The highest BCUT2D eigenvalue weighted by Gasteiger charge is 2.25. The van der Waals surface area contributed by atoms with Crippen LogP contribution < -0.4 is 11.1 Å². The molecule has 3 N–H and O–H groups in total. The van der Waals surface area contributed by atoms with Crippen LogP contribution in [0.15, 0.2) is 18.2 Å². The van der Waals surface area contributed by atoms with Gasteiger partial charge in [-0.3, -0.25) is 4.79 Å². The minimum absolute atomic E-state index is 0.138. The Kier molecular flexibility index (Phi) is 3.91. The van der Waals surface area contributed by atoms with Gasteiger partial charge in [0.15, 0.2) is 0 Å². The summed E-state index contributed by atoms with van der Waals surface area (Å²) in [6.07, 6.45) is 2.89. The molecule has 0 aliphatic heterocycles. The lowest BCUT2D eigenvalue weighted by Gasteiger charge is -2.25. The minimum atomic E-state index is -0.754. The van der Waals surface area contributed by atoms with Crippen LogP contribution in [0.25, 0.3) is 0 Å². The van der Waals surface area contributed by atoms with Crippen molar-refractivity contribution in [3.05, 3.63) is 29.8 Å².